The zero-order chi connectivity index (χ0) is 15.9. The molecule has 116 valence electrons. The second-order valence-electron chi connectivity index (χ2n) is 6.68. The summed E-state index contributed by atoms with van der Waals surface area (Å²) < 4.78 is 0. The Morgan fingerprint density at radius 2 is 2.23 bits per heavy atom. The molecule has 4 nitrogen and oxygen atoms in total. The number of rotatable bonds is 4. The third-order valence-electron chi connectivity index (χ3n) is 4.31. The van der Waals surface area contributed by atoms with Crippen molar-refractivity contribution in [2.45, 2.75) is 27.7 Å². The summed E-state index contributed by atoms with van der Waals surface area (Å²) in [6.45, 7) is 8.45. The highest BCUT2D eigenvalue weighted by molar-refractivity contribution is 7.14. The summed E-state index contributed by atoms with van der Waals surface area (Å²) >= 11 is 1.46. The van der Waals surface area contributed by atoms with Crippen LogP contribution < -0.4 is 5.32 Å². The monoisotopic (exact) mass is 315 g/mol. The predicted octanol–water partition coefficient (Wildman–Crippen LogP) is 4.32. The molecule has 2 N–H and O–H groups in total. The third kappa shape index (κ3) is 2.73. The number of carbonyl (C=O) groups is 1. The van der Waals surface area contributed by atoms with E-state index in [1.807, 2.05) is 23.7 Å². The minimum absolute atomic E-state index is 0.0280. The molecule has 0 unspecified atom stereocenters. The number of anilines is 1. The van der Waals surface area contributed by atoms with Gasteiger partial charge in [0.2, 0.25) is 5.91 Å². The molecular formula is C17H21N3OS. The van der Waals surface area contributed by atoms with Gasteiger partial charge in [-0.3, -0.25) is 4.79 Å². The maximum Gasteiger partial charge on any atom is 0.230 e. The van der Waals surface area contributed by atoms with Gasteiger partial charge in [0.15, 0.2) is 5.13 Å². The van der Waals surface area contributed by atoms with Gasteiger partial charge in [-0.15, -0.1) is 11.3 Å². The Balaban J connectivity index is 1.69. The number of amides is 1. The van der Waals surface area contributed by atoms with Gasteiger partial charge in [0, 0.05) is 11.6 Å². The highest BCUT2D eigenvalue weighted by atomic mass is 32.1. The van der Waals surface area contributed by atoms with Crippen molar-refractivity contribution in [3.63, 3.8) is 0 Å². The first-order valence-corrected chi connectivity index (χ1v) is 8.32. The summed E-state index contributed by atoms with van der Waals surface area (Å²) in [6, 6.07) is 3.90. The molecule has 0 radical (unpaired) electrons. The first-order valence-electron chi connectivity index (χ1n) is 7.45. The molecule has 2 atom stereocenters. The van der Waals surface area contributed by atoms with Crippen molar-refractivity contribution in [1.29, 1.82) is 0 Å². The molecular weight excluding hydrogens is 294 g/mol. The lowest BCUT2D eigenvalue weighted by Gasteiger charge is -2.02. The summed E-state index contributed by atoms with van der Waals surface area (Å²) in [5.74, 6) is 0.417. The molecule has 0 bridgehead atoms. The lowest BCUT2D eigenvalue weighted by Crippen LogP contribution is -2.16. The number of aromatic nitrogens is 2. The highest BCUT2D eigenvalue weighted by Gasteiger charge is 2.60. The fourth-order valence-corrected chi connectivity index (χ4v) is 3.69. The molecule has 0 saturated heterocycles. The van der Waals surface area contributed by atoms with Gasteiger partial charge in [0.05, 0.1) is 17.3 Å². The van der Waals surface area contributed by atoms with E-state index >= 15 is 0 Å². The Labute approximate surface area is 134 Å². The Morgan fingerprint density at radius 3 is 2.86 bits per heavy atom. The van der Waals surface area contributed by atoms with Crippen molar-refractivity contribution in [2.75, 3.05) is 5.32 Å². The Bertz CT molecular complexity index is 708. The molecule has 1 aliphatic rings. The molecule has 5 heteroatoms. The molecule has 3 rings (SSSR count). The maximum absolute atomic E-state index is 12.5. The zero-order valence-electron chi connectivity index (χ0n) is 13.3. The normalized spacial score (nSPS) is 22.2. The largest absolute Gasteiger partial charge is 0.360 e. The molecule has 2 aromatic rings. The van der Waals surface area contributed by atoms with Crippen LogP contribution in [0.2, 0.25) is 0 Å². The maximum atomic E-state index is 12.5. The number of hydrogen-bond acceptors (Lipinski definition) is 3. The van der Waals surface area contributed by atoms with Gasteiger partial charge in [-0.25, -0.2) is 4.98 Å². The lowest BCUT2D eigenvalue weighted by molar-refractivity contribution is -0.118. The Kier molecular flexibility index (Phi) is 3.68. The highest BCUT2D eigenvalue weighted by Crippen LogP contribution is 2.59. The predicted molar refractivity (Wildman–Crippen MR) is 90.7 cm³/mol. The quantitative estimate of drug-likeness (QED) is 0.826. The van der Waals surface area contributed by atoms with Gasteiger partial charge in [0.1, 0.15) is 0 Å². The van der Waals surface area contributed by atoms with Crippen LogP contribution in [0.1, 0.15) is 27.7 Å². The molecule has 22 heavy (non-hydrogen) atoms. The van der Waals surface area contributed by atoms with E-state index in [9.17, 15) is 4.79 Å². The number of aromatic amines is 1. The average molecular weight is 315 g/mol. The van der Waals surface area contributed by atoms with Gasteiger partial charge in [-0.2, -0.15) is 0 Å². The summed E-state index contributed by atoms with van der Waals surface area (Å²) in [5.41, 5.74) is 3.12. The third-order valence-corrected chi connectivity index (χ3v) is 5.07. The molecule has 2 aromatic heterocycles. The van der Waals surface area contributed by atoms with Crippen LogP contribution in [0.5, 0.6) is 0 Å². The van der Waals surface area contributed by atoms with Crippen LogP contribution in [0, 0.1) is 17.3 Å². The first kappa shape index (κ1) is 15.0. The van der Waals surface area contributed by atoms with Crippen LogP contribution in [-0.4, -0.2) is 15.9 Å². The molecule has 1 aliphatic carbocycles. The van der Waals surface area contributed by atoms with Gasteiger partial charge < -0.3 is 10.3 Å². The lowest BCUT2D eigenvalue weighted by atomic mass is 10.1. The van der Waals surface area contributed by atoms with E-state index < -0.39 is 0 Å². The number of allylic oxidation sites excluding steroid dienone is 2. The zero-order valence-corrected chi connectivity index (χ0v) is 14.1. The summed E-state index contributed by atoms with van der Waals surface area (Å²) in [7, 11) is 0. The molecule has 0 aromatic carbocycles. The van der Waals surface area contributed by atoms with Crippen molar-refractivity contribution in [3.05, 3.63) is 35.4 Å². The van der Waals surface area contributed by atoms with Gasteiger partial charge in [-0.05, 0) is 37.3 Å². The Hall–Kier alpha value is -1.88. The molecule has 1 amide bonds. The number of hydrogen-bond donors (Lipinski definition) is 2. The van der Waals surface area contributed by atoms with E-state index in [1.54, 1.807) is 0 Å². The molecule has 1 fully saturated rings. The molecule has 2 heterocycles. The number of nitrogens with one attached hydrogen (secondary N) is 2. The number of nitrogens with zero attached hydrogens (tertiary/aromatic N) is 1. The number of carbonyl (C=O) groups excluding carboxylic acids is 1. The van der Waals surface area contributed by atoms with Crippen molar-refractivity contribution in [1.82, 2.24) is 9.97 Å². The smallest absolute Gasteiger partial charge is 0.230 e. The topological polar surface area (TPSA) is 57.8 Å². The van der Waals surface area contributed by atoms with E-state index in [0.717, 1.165) is 11.4 Å². The fraction of sp³-hybridized carbons (Fsp3) is 0.412. The van der Waals surface area contributed by atoms with Gasteiger partial charge >= 0.3 is 0 Å². The minimum Gasteiger partial charge on any atom is -0.360 e. The second kappa shape index (κ2) is 5.39. The van der Waals surface area contributed by atoms with E-state index in [2.05, 4.69) is 49.1 Å². The van der Waals surface area contributed by atoms with Crippen LogP contribution in [-0.2, 0) is 4.79 Å². The van der Waals surface area contributed by atoms with Gasteiger partial charge in [0.25, 0.3) is 0 Å². The minimum atomic E-state index is 0.0280. The van der Waals surface area contributed by atoms with Crippen LogP contribution in [0.15, 0.2) is 35.4 Å². The molecule has 0 aliphatic heterocycles. The SMILES string of the molecule is CC(C)=C[C@@H]1[C@@H](C(=O)Nc2nc(-c3ccc[nH]3)cs2)C1(C)C. The van der Waals surface area contributed by atoms with Crippen molar-refractivity contribution in [2.24, 2.45) is 17.3 Å². The van der Waals surface area contributed by atoms with Crippen LogP contribution in [0.25, 0.3) is 11.4 Å². The number of H-pyrrole nitrogens is 1. The van der Waals surface area contributed by atoms with Crippen molar-refractivity contribution >= 4 is 22.4 Å². The van der Waals surface area contributed by atoms with Crippen LogP contribution >= 0.6 is 11.3 Å². The standard InChI is InChI=1S/C17H21N3OS/c1-10(2)8-11-14(17(11,3)4)15(21)20-16-19-13(9-22-16)12-6-5-7-18-12/h5-9,11,14,18H,1-4H3,(H,19,20,21)/t11-,14+/m1/s1. The van der Waals surface area contributed by atoms with E-state index in [0.29, 0.717) is 11.0 Å². The van der Waals surface area contributed by atoms with E-state index in [4.69, 9.17) is 0 Å². The van der Waals surface area contributed by atoms with Crippen LogP contribution in [0.4, 0.5) is 5.13 Å². The Morgan fingerprint density at radius 1 is 1.45 bits per heavy atom. The molecule has 0 spiro atoms. The first-order chi connectivity index (χ1) is 10.4. The van der Waals surface area contributed by atoms with E-state index in [1.165, 1.54) is 16.9 Å². The fourth-order valence-electron chi connectivity index (χ4n) is 2.98. The summed E-state index contributed by atoms with van der Waals surface area (Å²) in [5, 5.41) is 5.58. The van der Waals surface area contributed by atoms with Crippen LogP contribution in [0.3, 0.4) is 0 Å². The second-order valence-corrected chi connectivity index (χ2v) is 7.54. The number of thiazole rings is 1. The summed E-state index contributed by atoms with van der Waals surface area (Å²) in [6.07, 6.45) is 4.07. The summed E-state index contributed by atoms with van der Waals surface area (Å²) in [4.78, 5) is 20.1. The van der Waals surface area contributed by atoms with E-state index in [-0.39, 0.29) is 17.2 Å². The van der Waals surface area contributed by atoms with Gasteiger partial charge in [-0.1, -0.05) is 25.5 Å². The molecule has 1 saturated carbocycles. The van der Waals surface area contributed by atoms with Crippen molar-refractivity contribution < 1.29 is 4.79 Å². The van der Waals surface area contributed by atoms with Crippen molar-refractivity contribution in [3.8, 4) is 11.4 Å². The average Bonchev–Trinajstić information content (AvgIpc) is 2.90.